The lowest BCUT2D eigenvalue weighted by Crippen LogP contribution is -2.37. The van der Waals surface area contributed by atoms with Crippen LogP contribution in [0.2, 0.25) is 0 Å². The summed E-state index contributed by atoms with van der Waals surface area (Å²) in [4.78, 5) is 0. The SMILES string of the molecule is OCC1(c2ccc3cc(Br)ccc3c2)CCC1. The van der Waals surface area contributed by atoms with Crippen LogP contribution in [0, 0.1) is 0 Å². The molecule has 0 amide bonds. The van der Waals surface area contributed by atoms with Gasteiger partial charge in [-0.2, -0.15) is 0 Å². The number of aliphatic hydroxyl groups is 1. The summed E-state index contributed by atoms with van der Waals surface area (Å²) in [5.74, 6) is 0. The summed E-state index contributed by atoms with van der Waals surface area (Å²) in [6.07, 6.45) is 3.47. The van der Waals surface area contributed by atoms with Crippen LogP contribution in [0.3, 0.4) is 0 Å². The quantitative estimate of drug-likeness (QED) is 0.886. The van der Waals surface area contributed by atoms with E-state index in [1.165, 1.54) is 22.8 Å². The normalized spacial score (nSPS) is 18.0. The minimum absolute atomic E-state index is 0.0429. The van der Waals surface area contributed by atoms with Gasteiger partial charge in [-0.3, -0.25) is 0 Å². The van der Waals surface area contributed by atoms with Crippen LogP contribution in [0.25, 0.3) is 10.8 Å². The molecule has 0 unspecified atom stereocenters. The molecule has 1 aliphatic carbocycles. The Morgan fingerprint density at radius 2 is 1.76 bits per heavy atom. The molecule has 2 aromatic rings. The van der Waals surface area contributed by atoms with E-state index in [2.05, 4.69) is 52.3 Å². The Hall–Kier alpha value is -0.860. The van der Waals surface area contributed by atoms with Gasteiger partial charge in [0.1, 0.15) is 0 Å². The second kappa shape index (κ2) is 4.11. The molecule has 0 spiro atoms. The zero-order chi connectivity index (χ0) is 11.9. The molecular formula is C15H15BrO. The average molecular weight is 291 g/mol. The largest absolute Gasteiger partial charge is 0.395 e. The molecule has 88 valence electrons. The van der Waals surface area contributed by atoms with Crippen LogP contribution < -0.4 is 0 Å². The lowest BCUT2D eigenvalue weighted by molar-refractivity contribution is 0.120. The molecule has 0 atom stereocenters. The Bertz CT molecular complexity index is 552. The molecule has 1 fully saturated rings. The fourth-order valence-electron chi connectivity index (χ4n) is 2.69. The Kier molecular flexibility index (Phi) is 2.72. The van der Waals surface area contributed by atoms with Crippen LogP contribution in [-0.4, -0.2) is 11.7 Å². The summed E-state index contributed by atoms with van der Waals surface area (Å²) < 4.78 is 1.11. The van der Waals surface area contributed by atoms with Gasteiger partial charge in [-0.15, -0.1) is 0 Å². The summed E-state index contributed by atoms with van der Waals surface area (Å²) in [7, 11) is 0. The van der Waals surface area contributed by atoms with Crippen LogP contribution in [0.15, 0.2) is 40.9 Å². The fourth-order valence-corrected chi connectivity index (χ4v) is 3.07. The monoisotopic (exact) mass is 290 g/mol. The van der Waals surface area contributed by atoms with Crippen molar-refractivity contribution in [1.82, 2.24) is 0 Å². The van der Waals surface area contributed by atoms with Crippen molar-refractivity contribution in [3.05, 3.63) is 46.4 Å². The highest BCUT2D eigenvalue weighted by molar-refractivity contribution is 9.10. The van der Waals surface area contributed by atoms with Gasteiger partial charge in [-0.05, 0) is 41.3 Å². The molecule has 17 heavy (non-hydrogen) atoms. The molecule has 0 heterocycles. The summed E-state index contributed by atoms with van der Waals surface area (Å²) >= 11 is 3.49. The van der Waals surface area contributed by atoms with E-state index in [-0.39, 0.29) is 12.0 Å². The Morgan fingerprint density at radius 3 is 2.41 bits per heavy atom. The molecule has 0 aliphatic heterocycles. The zero-order valence-corrected chi connectivity index (χ0v) is 11.2. The second-order valence-corrected chi connectivity index (χ2v) is 5.91. The van der Waals surface area contributed by atoms with E-state index < -0.39 is 0 Å². The van der Waals surface area contributed by atoms with Crippen LogP contribution in [-0.2, 0) is 5.41 Å². The summed E-state index contributed by atoms with van der Waals surface area (Å²) in [6, 6.07) is 12.9. The van der Waals surface area contributed by atoms with Gasteiger partial charge in [-0.25, -0.2) is 0 Å². The molecule has 0 saturated heterocycles. The van der Waals surface area contributed by atoms with E-state index in [4.69, 9.17) is 0 Å². The Balaban J connectivity index is 2.10. The van der Waals surface area contributed by atoms with Crippen molar-refractivity contribution in [1.29, 1.82) is 0 Å². The molecule has 0 aromatic heterocycles. The van der Waals surface area contributed by atoms with E-state index >= 15 is 0 Å². The van der Waals surface area contributed by atoms with Gasteiger partial charge in [-0.1, -0.05) is 46.6 Å². The minimum Gasteiger partial charge on any atom is -0.395 e. The number of fused-ring (bicyclic) bond motifs is 1. The molecule has 0 bridgehead atoms. The van der Waals surface area contributed by atoms with Crippen LogP contribution in [0.4, 0.5) is 0 Å². The lowest BCUT2D eigenvalue weighted by atomic mass is 9.65. The van der Waals surface area contributed by atoms with Gasteiger partial charge in [0.05, 0.1) is 6.61 Å². The van der Waals surface area contributed by atoms with Crippen molar-refractivity contribution in [2.24, 2.45) is 0 Å². The van der Waals surface area contributed by atoms with Gasteiger partial charge in [0, 0.05) is 9.89 Å². The number of rotatable bonds is 2. The number of aliphatic hydroxyl groups excluding tert-OH is 1. The lowest BCUT2D eigenvalue weighted by Gasteiger charge is -2.41. The van der Waals surface area contributed by atoms with Crippen molar-refractivity contribution >= 4 is 26.7 Å². The third-order valence-electron chi connectivity index (χ3n) is 4.03. The second-order valence-electron chi connectivity index (χ2n) is 5.00. The smallest absolute Gasteiger partial charge is 0.0527 e. The highest BCUT2D eigenvalue weighted by atomic mass is 79.9. The van der Waals surface area contributed by atoms with E-state index in [1.54, 1.807) is 0 Å². The first-order valence-corrected chi connectivity index (χ1v) is 6.83. The molecule has 1 saturated carbocycles. The number of hydrogen-bond donors (Lipinski definition) is 1. The first-order valence-electron chi connectivity index (χ1n) is 6.04. The molecule has 3 rings (SSSR count). The van der Waals surface area contributed by atoms with Gasteiger partial charge >= 0.3 is 0 Å². The van der Waals surface area contributed by atoms with E-state index in [9.17, 15) is 5.11 Å². The van der Waals surface area contributed by atoms with Gasteiger partial charge in [0.25, 0.3) is 0 Å². The maximum Gasteiger partial charge on any atom is 0.0527 e. The third kappa shape index (κ3) is 1.80. The van der Waals surface area contributed by atoms with Crippen LogP contribution in [0.5, 0.6) is 0 Å². The highest BCUT2D eigenvalue weighted by Crippen LogP contribution is 2.44. The van der Waals surface area contributed by atoms with Crippen LogP contribution >= 0.6 is 15.9 Å². The van der Waals surface area contributed by atoms with Crippen molar-refractivity contribution < 1.29 is 5.11 Å². The Morgan fingerprint density at radius 1 is 1.06 bits per heavy atom. The summed E-state index contributed by atoms with van der Waals surface area (Å²) in [5.41, 5.74) is 1.34. The predicted octanol–water partition coefficient (Wildman–Crippen LogP) is 4.02. The van der Waals surface area contributed by atoms with Crippen LogP contribution in [0.1, 0.15) is 24.8 Å². The number of hydrogen-bond acceptors (Lipinski definition) is 1. The average Bonchev–Trinajstić information content (AvgIpc) is 2.28. The molecule has 1 N–H and O–H groups in total. The van der Waals surface area contributed by atoms with Crippen molar-refractivity contribution in [2.75, 3.05) is 6.61 Å². The van der Waals surface area contributed by atoms with Gasteiger partial charge < -0.3 is 5.11 Å². The standard InChI is InChI=1S/C15H15BrO/c16-14-5-3-11-8-13(4-2-12(11)9-14)15(10-17)6-1-7-15/h2-5,8-9,17H,1,6-7,10H2. The molecule has 1 aliphatic rings. The van der Waals surface area contributed by atoms with Crippen molar-refractivity contribution in [2.45, 2.75) is 24.7 Å². The number of benzene rings is 2. The first-order chi connectivity index (χ1) is 8.23. The van der Waals surface area contributed by atoms with Crippen molar-refractivity contribution in [3.63, 3.8) is 0 Å². The van der Waals surface area contributed by atoms with E-state index in [0.717, 1.165) is 17.3 Å². The minimum atomic E-state index is 0.0429. The molecular weight excluding hydrogens is 276 g/mol. The fraction of sp³-hybridized carbons (Fsp3) is 0.333. The zero-order valence-electron chi connectivity index (χ0n) is 9.62. The van der Waals surface area contributed by atoms with E-state index in [0.29, 0.717) is 0 Å². The maximum absolute atomic E-state index is 9.60. The van der Waals surface area contributed by atoms with Gasteiger partial charge in [0.2, 0.25) is 0 Å². The highest BCUT2D eigenvalue weighted by Gasteiger charge is 2.37. The molecule has 2 aromatic carbocycles. The first kappa shape index (κ1) is 11.2. The number of halogens is 1. The Labute approximate surface area is 110 Å². The van der Waals surface area contributed by atoms with Gasteiger partial charge in [0.15, 0.2) is 0 Å². The topological polar surface area (TPSA) is 20.2 Å². The third-order valence-corrected chi connectivity index (χ3v) is 4.52. The molecule has 1 nitrogen and oxygen atoms in total. The molecule has 2 heteroatoms. The molecule has 0 radical (unpaired) electrons. The summed E-state index contributed by atoms with van der Waals surface area (Å²) in [5, 5.41) is 12.1. The maximum atomic E-state index is 9.60. The predicted molar refractivity (Wildman–Crippen MR) is 74.3 cm³/mol. The van der Waals surface area contributed by atoms with Crippen molar-refractivity contribution in [3.8, 4) is 0 Å². The van der Waals surface area contributed by atoms with E-state index in [1.807, 2.05) is 0 Å². The summed E-state index contributed by atoms with van der Waals surface area (Å²) in [6.45, 7) is 0.273.